The molecule has 1 saturated heterocycles. The van der Waals surface area contributed by atoms with Gasteiger partial charge in [-0.05, 0) is 95.6 Å². The quantitative estimate of drug-likeness (QED) is 0.468. The highest BCUT2D eigenvalue weighted by Crippen LogP contribution is 2.42. The van der Waals surface area contributed by atoms with E-state index in [0.717, 1.165) is 49.4 Å². The second-order valence-electron chi connectivity index (χ2n) is 10.6. The lowest BCUT2D eigenvalue weighted by molar-refractivity contribution is -0.0971. The molecule has 0 spiro atoms. The molecule has 5 heteroatoms. The van der Waals surface area contributed by atoms with Crippen LogP contribution < -0.4 is 9.47 Å². The van der Waals surface area contributed by atoms with Gasteiger partial charge in [0.15, 0.2) is 11.5 Å². The fourth-order valence-corrected chi connectivity index (χ4v) is 4.61. The summed E-state index contributed by atoms with van der Waals surface area (Å²) in [5, 5.41) is 0. The number of piperidine rings is 1. The normalized spacial score (nSPS) is 21.9. The maximum atomic E-state index is 13.7. The Morgan fingerprint density at radius 2 is 1.90 bits per heavy atom. The molecular weight excluding hydrogens is 393 g/mol. The molecule has 3 rings (SSSR count). The van der Waals surface area contributed by atoms with Crippen LogP contribution in [0.4, 0.5) is 4.39 Å². The van der Waals surface area contributed by atoms with Crippen molar-refractivity contribution in [1.82, 2.24) is 4.90 Å². The number of hydrogen-bond donors (Lipinski definition) is 0. The summed E-state index contributed by atoms with van der Waals surface area (Å²) in [6.45, 7) is 16.0. The monoisotopic (exact) mass is 433 g/mol. The molecule has 1 aromatic carbocycles. The number of halogens is 1. The van der Waals surface area contributed by atoms with E-state index >= 15 is 0 Å². The van der Waals surface area contributed by atoms with Gasteiger partial charge in [0.05, 0.1) is 18.8 Å². The lowest BCUT2D eigenvalue weighted by Crippen LogP contribution is -2.47. The fourth-order valence-electron chi connectivity index (χ4n) is 4.61. The summed E-state index contributed by atoms with van der Waals surface area (Å²) < 4.78 is 31.7. The van der Waals surface area contributed by atoms with Crippen LogP contribution in [0.5, 0.6) is 11.5 Å². The van der Waals surface area contributed by atoms with Crippen LogP contribution in [0.15, 0.2) is 24.3 Å². The number of benzene rings is 1. The van der Waals surface area contributed by atoms with E-state index in [4.69, 9.17) is 14.2 Å². The highest BCUT2D eigenvalue weighted by Gasteiger charge is 2.35. The van der Waals surface area contributed by atoms with Crippen molar-refractivity contribution in [2.75, 3.05) is 26.8 Å². The molecular formula is C26H40FNO3. The van der Waals surface area contributed by atoms with E-state index in [-0.39, 0.29) is 5.60 Å². The Balaban J connectivity index is 1.67. The van der Waals surface area contributed by atoms with Crippen molar-refractivity contribution in [3.8, 4) is 11.5 Å². The molecule has 4 nitrogen and oxygen atoms in total. The third-order valence-electron chi connectivity index (χ3n) is 6.12. The van der Waals surface area contributed by atoms with Crippen LogP contribution in [0.25, 0.3) is 0 Å². The lowest BCUT2D eigenvalue weighted by Gasteiger charge is -2.44. The van der Waals surface area contributed by atoms with Gasteiger partial charge in [-0.15, -0.1) is 0 Å². The van der Waals surface area contributed by atoms with Gasteiger partial charge in [0.25, 0.3) is 0 Å². The van der Waals surface area contributed by atoms with Crippen molar-refractivity contribution >= 4 is 0 Å². The second-order valence-corrected chi connectivity index (χ2v) is 10.6. The topological polar surface area (TPSA) is 30.9 Å². The van der Waals surface area contributed by atoms with E-state index in [1.165, 1.54) is 11.1 Å². The molecule has 0 aliphatic carbocycles. The summed E-state index contributed by atoms with van der Waals surface area (Å²) >= 11 is 0. The third-order valence-corrected chi connectivity index (χ3v) is 6.12. The van der Waals surface area contributed by atoms with Gasteiger partial charge in [0, 0.05) is 19.1 Å². The van der Waals surface area contributed by atoms with Crippen molar-refractivity contribution in [3.05, 3.63) is 35.4 Å². The van der Waals surface area contributed by atoms with E-state index in [0.29, 0.717) is 31.6 Å². The number of rotatable bonds is 8. The average Bonchev–Trinajstić information content (AvgIpc) is 2.67. The first kappa shape index (κ1) is 24.1. The molecule has 2 aliphatic heterocycles. The Hall–Kier alpha value is -1.59. The Labute approximate surface area is 187 Å². The summed E-state index contributed by atoms with van der Waals surface area (Å²) in [6.07, 6.45) is 4.52. The van der Waals surface area contributed by atoms with Gasteiger partial charge < -0.3 is 14.2 Å². The minimum absolute atomic E-state index is 0.107. The number of methoxy groups -OCH3 is 1. The average molecular weight is 434 g/mol. The van der Waals surface area contributed by atoms with Crippen molar-refractivity contribution in [2.45, 2.75) is 90.1 Å². The van der Waals surface area contributed by atoms with Crippen LogP contribution in [0, 0.1) is 0 Å². The number of fused-ring (bicyclic) bond motifs is 3. The van der Waals surface area contributed by atoms with Crippen LogP contribution in [0.2, 0.25) is 0 Å². The minimum atomic E-state index is -1.19. The molecule has 1 fully saturated rings. The molecule has 0 saturated carbocycles. The van der Waals surface area contributed by atoms with Crippen molar-refractivity contribution in [3.63, 3.8) is 0 Å². The zero-order valence-electron chi connectivity index (χ0n) is 20.2. The number of alkyl halides is 1. The standard InChI is InChI=1S/C26H40FNO3/c1-18(10-12-26(5,6)27)17-30-24-14-19-11-13-28-16-20(31-25(2,3)4)8-9-22(28)21(19)15-23(24)29-7/h14-15,20,22H,1,8-13,16-17H2,2-7H3. The Kier molecular flexibility index (Phi) is 7.37. The summed E-state index contributed by atoms with van der Waals surface area (Å²) in [7, 11) is 1.68. The molecule has 2 atom stereocenters. The van der Waals surface area contributed by atoms with Gasteiger partial charge in [0.1, 0.15) is 12.3 Å². The molecule has 2 unspecified atom stereocenters. The summed E-state index contributed by atoms with van der Waals surface area (Å²) in [5.41, 5.74) is 2.29. The Morgan fingerprint density at radius 3 is 2.55 bits per heavy atom. The first-order valence-corrected chi connectivity index (χ1v) is 11.6. The number of hydrogen-bond acceptors (Lipinski definition) is 4. The smallest absolute Gasteiger partial charge is 0.161 e. The maximum absolute atomic E-state index is 13.7. The lowest BCUT2D eigenvalue weighted by atomic mass is 9.85. The van der Waals surface area contributed by atoms with Crippen LogP contribution >= 0.6 is 0 Å². The SMILES string of the molecule is C=C(CCC(C)(C)F)COc1cc2c(cc1OC)C1CCC(OC(C)(C)C)CN1CC2. The second kappa shape index (κ2) is 9.50. The highest BCUT2D eigenvalue weighted by molar-refractivity contribution is 5.49. The van der Waals surface area contributed by atoms with E-state index in [1.807, 2.05) is 0 Å². The first-order chi connectivity index (χ1) is 14.4. The van der Waals surface area contributed by atoms with E-state index in [1.54, 1.807) is 21.0 Å². The van der Waals surface area contributed by atoms with Crippen molar-refractivity contribution in [1.29, 1.82) is 0 Å². The van der Waals surface area contributed by atoms with E-state index in [2.05, 4.69) is 44.4 Å². The third kappa shape index (κ3) is 6.69. The van der Waals surface area contributed by atoms with E-state index in [9.17, 15) is 4.39 Å². The zero-order chi connectivity index (χ0) is 22.8. The summed E-state index contributed by atoms with van der Waals surface area (Å²) in [6, 6.07) is 4.70. The number of ether oxygens (including phenoxy) is 3. The van der Waals surface area contributed by atoms with Crippen LogP contribution in [-0.4, -0.2) is 49.1 Å². The van der Waals surface area contributed by atoms with Gasteiger partial charge in [-0.1, -0.05) is 6.58 Å². The van der Waals surface area contributed by atoms with Crippen molar-refractivity contribution in [2.24, 2.45) is 0 Å². The summed E-state index contributed by atoms with van der Waals surface area (Å²) in [4.78, 5) is 2.56. The molecule has 0 N–H and O–H groups in total. The highest BCUT2D eigenvalue weighted by atomic mass is 19.1. The van der Waals surface area contributed by atoms with Gasteiger partial charge in [-0.3, -0.25) is 4.90 Å². The molecule has 174 valence electrons. The zero-order valence-corrected chi connectivity index (χ0v) is 20.2. The Bertz CT molecular complexity index is 778. The molecule has 2 aliphatic rings. The Morgan fingerprint density at radius 1 is 1.16 bits per heavy atom. The first-order valence-electron chi connectivity index (χ1n) is 11.6. The van der Waals surface area contributed by atoms with Gasteiger partial charge in [0.2, 0.25) is 0 Å². The van der Waals surface area contributed by atoms with Gasteiger partial charge >= 0.3 is 0 Å². The fraction of sp³-hybridized carbons (Fsp3) is 0.692. The molecule has 0 bridgehead atoms. The molecule has 1 aromatic rings. The maximum Gasteiger partial charge on any atom is 0.161 e. The molecule has 0 amide bonds. The minimum Gasteiger partial charge on any atom is -0.493 e. The molecule has 2 heterocycles. The predicted octanol–water partition coefficient (Wildman–Crippen LogP) is 6.04. The van der Waals surface area contributed by atoms with Crippen LogP contribution in [0.1, 0.15) is 77.5 Å². The molecule has 31 heavy (non-hydrogen) atoms. The van der Waals surface area contributed by atoms with Gasteiger partial charge in [-0.25, -0.2) is 4.39 Å². The molecule has 0 aromatic heterocycles. The predicted molar refractivity (Wildman–Crippen MR) is 124 cm³/mol. The summed E-state index contributed by atoms with van der Waals surface area (Å²) in [5.74, 6) is 1.51. The molecule has 0 radical (unpaired) electrons. The van der Waals surface area contributed by atoms with Crippen LogP contribution in [-0.2, 0) is 11.2 Å². The van der Waals surface area contributed by atoms with Gasteiger partial charge in [-0.2, -0.15) is 0 Å². The largest absolute Gasteiger partial charge is 0.493 e. The van der Waals surface area contributed by atoms with Crippen LogP contribution in [0.3, 0.4) is 0 Å². The number of nitrogens with zero attached hydrogens (tertiary/aromatic N) is 1. The van der Waals surface area contributed by atoms with Crippen molar-refractivity contribution < 1.29 is 18.6 Å². The van der Waals surface area contributed by atoms with E-state index < -0.39 is 5.67 Å².